The summed E-state index contributed by atoms with van der Waals surface area (Å²) < 4.78 is 17.2. The van der Waals surface area contributed by atoms with Gasteiger partial charge >= 0.3 is 6.03 Å². The highest BCUT2D eigenvalue weighted by molar-refractivity contribution is 9.10. The van der Waals surface area contributed by atoms with Gasteiger partial charge in [-0.05, 0) is 94.5 Å². The smallest absolute Gasteiger partial charge is 0.335 e. The van der Waals surface area contributed by atoms with Gasteiger partial charge in [-0.25, -0.2) is 9.69 Å². The van der Waals surface area contributed by atoms with Gasteiger partial charge in [-0.2, -0.15) is 0 Å². The van der Waals surface area contributed by atoms with Gasteiger partial charge in [0, 0.05) is 0 Å². The number of rotatable bonds is 5. The number of aryl methyl sites for hydroxylation is 2. The largest absolute Gasteiger partial charge is 0.486 e. The van der Waals surface area contributed by atoms with Crippen molar-refractivity contribution in [1.29, 1.82) is 0 Å². The van der Waals surface area contributed by atoms with Crippen molar-refractivity contribution in [2.45, 2.75) is 20.5 Å². The van der Waals surface area contributed by atoms with E-state index in [0.717, 1.165) is 21.6 Å². The van der Waals surface area contributed by atoms with E-state index in [9.17, 15) is 14.4 Å². The second-order valence-corrected chi connectivity index (χ2v) is 9.78. The molecule has 2 aliphatic heterocycles. The van der Waals surface area contributed by atoms with E-state index in [1.54, 1.807) is 24.3 Å². The quantitative estimate of drug-likeness (QED) is 0.306. The minimum atomic E-state index is -0.804. The number of fused-ring (bicyclic) bond motifs is 1. The molecule has 3 aromatic carbocycles. The van der Waals surface area contributed by atoms with Gasteiger partial charge in [0.05, 0.1) is 15.2 Å². The second kappa shape index (κ2) is 9.91. The summed E-state index contributed by atoms with van der Waals surface area (Å²) in [6.07, 6.45) is 1.39. The Labute approximate surface area is 225 Å². The SMILES string of the molecule is Cc1ccc(N2C(=O)NC(=O)/C(=C\c3cc(Cl)c(OCc4ccc5c(c4)OCO5)c(Br)c3)C2=O)cc1C. The first kappa shape index (κ1) is 24.9. The van der Waals surface area contributed by atoms with E-state index in [0.29, 0.717) is 33.0 Å². The fraction of sp³-hybridized carbons (Fsp3) is 0.148. The molecule has 2 heterocycles. The van der Waals surface area contributed by atoms with Gasteiger partial charge < -0.3 is 14.2 Å². The number of hydrogen-bond donors (Lipinski definition) is 1. The number of benzene rings is 3. The molecule has 4 amide bonds. The maximum absolute atomic E-state index is 13.2. The lowest BCUT2D eigenvalue weighted by Crippen LogP contribution is -2.54. The summed E-state index contributed by atoms with van der Waals surface area (Å²) in [5.41, 5.74) is 3.43. The molecule has 0 spiro atoms. The summed E-state index contributed by atoms with van der Waals surface area (Å²) in [6.45, 7) is 4.22. The number of anilines is 1. The van der Waals surface area contributed by atoms with Gasteiger partial charge in [0.25, 0.3) is 11.8 Å². The molecule has 1 fully saturated rings. The van der Waals surface area contributed by atoms with Crippen molar-refractivity contribution in [3.63, 3.8) is 0 Å². The van der Waals surface area contributed by atoms with Crippen molar-refractivity contribution in [1.82, 2.24) is 5.32 Å². The van der Waals surface area contributed by atoms with Crippen molar-refractivity contribution in [3.8, 4) is 17.2 Å². The first-order chi connectivity index (χ1) is 17.7. The van der Waals surface area contributed by atoms with Crippen molar-refractivity contribution in [3.05, 3.63) is 85.9 Å². The highest BCUT2D eigenvalue weighted by Crippen LogP contribution is 2.37. The van der Waals surface area contributed by atoms with E-state index >= 15 is 0 Å². The standard InChI is InChI=1S/C27H20BrClN2O6/c1-14-3-5-18(7-15(14)2)31-26(33)19(25(32)30-27(31)34)8-17-9-20(28)24(21(29)10-17)35-12-16-4-6-22-23(11-16)37-13-36-22/h3-11H,12-13H2,1-2H3,(H,30,32,34)/b19-8+. The van der Waals surface area contributed by atoms with Crippen molar-refractivity contribution >= 4 is 57.1 Å². The van der Waals surface area contributed by atoms with Gasteiger partial charge in [0.2, 0.25) is 6.79 Å². The Balaban J connectivity index is 1.39. The Morgan fingerprint density at radius 1 is 1.03 bits per heavy atom. The summed E-state index contributed by atoms with van der Waals surface area (Å²) in [5, 5.41) is 2.50. The Bertz CT molecular complexity index is 1480. The third kappa shape index (κ3) is 4.92. The molecule has 0 atom stereocenters. The lowest BCUT2D eigenvalue weighted by Gasteiger charge is -2.27. The Kier molecular flexibility index (Phi) is 6.66. The normalized spacial score (nSPS) is 15.8. The Morgan fingerprint density at radius 3 is 2.57 bits per heavy atom. The predicted octanol–water partition coefficient (Wildman–Crippen LogP) is 5.69. The number of halogens is 2. The Hall–Kier alpha value is -3.82. The maximum atomic E-state index is 13.2. The summed E-state index contributed by atoms with van der Waals surface area (Å²) in [6, 6.07) is 13.1. The van der Waals surface area contributed by atoms with Crippen LogP contribution in [0.15, 0.2) is 58.6 Å². The van der Waals surface area contributed by atoms with Gasteiger partial charge in [0.15, 0.2) is 17.2 Å². The maximum Gasteiger partial charge on any atom is 0.335 e. The fourth-order valence-corrected chi connectivity index (χ4v) is 4.90. The number of amides is 4. The molecule has 0 aliphatic carbocycles. The molecule has 188 valence electrons. The molecular weight excluding hydrogens is 564 g/mol. The van der Waals surface area contributed by atoms with Crippen LogP contribution in [-0.2, 0) is 16.2 Å². The van der Waals surface area contributed by atoms with Gasteiger partial charge in [-0.15, -0.1) is 0 Å². The van der Waals surface area contributed by atoms with Crippen LogP contribution >= 0.6 is 27.5 Å². The minimum Gasteiger partial charge on any atom is -0.486 e. The molecule has 5 rings (SSSR count). The number of nitrogens with zero attached hydrogens (tertiary/aromatic N) is 1. The van der Waals surface area contributed by atoms with Crippen molar-refractivity contribution in [2.75, 3.05) is 11.7 Å². The zero-order valence-electron chi connectivity index (χ0n) is 19.8. The highest BCUT2D eigenvalue weighted by atomic mass is 79.9. The van der Waals surface area contributed by atoms with E-state index in [2.05, 4.69) is 21.2 Å². The lowest BCUT2D eigenvalue weighted by molar-refractivity contribution is -0.122. The molecule has 0 aromatic heterocycles. The van der Waals surface area contributed by atoms with Gasteiger partial charge in [-0.1, -0.05) is 23.7 Å². The van der Waals surface area contributed by atoms with Crippen LogP contribution in [0.2, 0.25) is 5.02 Å². The monoisotopic (exact) mass is 582 g/mol. The molecule has 0 radical (unpaired) electrons. The summed E-state index contributed by atoms with van der Waals surface area (Å²) in [7, 11) is 0. The first-order valence-corrected chi connectivity index (χ1v) is 12.4. The van der Waals surface area contributed by atoms with Crippen LogP contribution in [0.4, 0.5) is 10.5 Å². The van der Waals surface area contributed by atoms with Crippen molar-refractivity contribution < 1.29 is 28.6 Å². The number of nitrogens with one attached hydrogen (secondary N) is 1. The zero-order valence-corrected chi connectivity index (χ0v) is 22.1. The van der Waals surface area contributed by atoms with Crippen LogP contribution in [0.3, 0.4) is 0 Å². The topological polar surface area (TPSA) is 94.2 Å². The molecule has 1 saturated heterocycles. The molecule has 3 aromatic rings. The number of carbonyl (C=O) groups is 3. The molecule has 1 N–H and O–H groups in total. The van der Waals surface area contributed by atoms with Crippen molar-refractivity contribution in [2.24, 2.45) is 0 Å². The first-order valence-electron chi connectivity index (χ1n) is 11.2. The molecule has 37 heavy (non-hydrogen) atoms. The average Bonchev–Trinajstić information content (AvgIpc) is 3.31. The molecule has 8 nitrogen and oxygen atoms in total. The minimum absolute atomic E-state index is 0.186. The number of carbonyl (C=O) groups excluding carboxylic acids is 3. The molecule has 10 heteroatoms. The van der Waals surface area contributed by atoms with Crippen LogP contribution in [0.1, 0.15) is 22.3 Å². The summed E-state index contributed by atoms with van der Waals surface area (Å²) in [5.74, 6) is 0.210. The molecule has 0 unspecified atom stereocenters. The van der Waals surface area contributed by atoms with E-state index in [4.69, 9.17) is 25.8 Å². The molecular formula is C27H20BrClN2O6. The van der Waals surface area contributed by atoms with E-state index in [-0.39, 0.29) is 24.0 Å². The zero-order chi connectivity index (χ0) is 26.3. The van der Waals surface area contributed by atoms with Crippen LogP contribution in [0.25, 0.3) is 6.08 Å². The number of barbiturate groups is 1. The fourth-order valence-electron chi connectivity index (χ4n) is 3.91. The highest BCUT2D eigenvalue weighted by Gasteiger charge is 2.37. The third-order valence-electron chi connectivity index (χ3n) is 6.00. The molecule has 2 aliphatic rings. The van der Waals surface area contributed by atoms with Crippen LogP contribution in [-0.4, -0.2) is 24.6 Å². The number of urea groups is 1. The average molecular weight is 584 g/mol. The van der Waals surface area contributed by atoms with Crippen LogP contribution in [0, 0.1) is 13.8 Å². The number of imide groups is 2. The number of hydrogen-bond acceptors (Lipinski definition) is 6. The molecule has 0 bridgehead atoms. The summed E-state index contributed by atoms with van der Waals surface area (Å²) in [4.78, 5) is 39.2. The van der Waals surface area contributed by atoms with Crippen LogP contribution in [0.5, 0.6) is 17.2 Å². The third-order valence-corrected chi connectivity index (χ3v) is 6.87. The lowest BCUT2D eigenvalue weighted by atomic mass is 10.0. The number of ether oxygens (including phenoxy) is 3. The van der Waals surface area contributed by atoms with Crippen LogP contribution < -0.4 is 24.4 Å². The summed E-state index contributed by atoms with van der Waals surface area (Å²) >= 11 is 9.94. The molecule has 0 saturated carbocycles. The van der Waals surface area contributed by atoms with Gasteiger partial charge in [0.1, 0.15) is 12.2 Å². The van der Waals surface area contributed by atoms with Gasteiger partial charge in [-0.3, -0.25) is 14.9 Å². The predicted molar refractivity (Wildman–Crippen MR) is 141 cm³/mol. The van der Waals surface area contributed by atoms with E-state index in [1.807, 2.05) is 38.1 Å². The second-order valence-electron chi connectivity index (χ2n) is 8.52. The van der Waals surface area contributed by atoms with E-state index < -0.39 is 17.8 Å². The van der Waals surface area contributed by atoms with E-state index in [1.165, 1.54) is 6.08 Å². The Morgan fingerprint density at radius 2 is 1.81 bits per heavy atom.